The lowest BCUT2D eigenvalue weighted by Gasteiger charge is -2.30. The van der Waals surface area contributed by atoms with Crippen LogP contribution in [0.4, 0.5) is 19.0 Å². The predicted octanol–water partition coefficient (Wildman–Crippen LogP) is 2.87. The molecule has 1 fully saturated rings. The molecule has 0 spiro atoms. The highest BCUT2D eigenvalue weighted by molar-refractivity contribution is 7.88. The number of hydrogen-bond donors (Lipinski definition) is 2. The molecule has 2 aromatic rings. The first-order valence-electron chi connectivity index (χ1n) is 10.2. The summed E-state index contributed by atoms with van der Waals surface area (Å²) >= 11 is 0. The van der Waals surface area contributed by atoms with Crippen molar-refractivity contribution in [3.05, 3.63) is 59.8 Å². The summed E-state index contributed by atoms with van der Waals surface area (Å²) in [4.78, 5) is 16.1. The van der Waals surface area contributed by atoms with Crippen LogP contribution >= 0.6 is 0 Å². The first-order chi connectivity index (χ1) is 15.1. The Labute approximate surface area is 185 Å². The van der Waals surface area contributed by atoms with E-state index in [1.807, 2.05) is 6.07 Å². The van der Waals surface area contributed by atoms with Gasteiger partial charge < -0.3 is 10.6 Å². The van der Waals surface area contributed by atoms with Crippen molar-refractivity contribution in [2.75, 3.05) is 31.5 Å². The SMILES string of the molecule is O=C(NCCNc1ccc(C(F)(F)F)cn1)C1CCN(S(=O)(=O)Cc2ccccc2)CC1. The molecule has 1 amide bonds. The van der Waals surface area contributed by atoms with Crippen molar-refractivity contribution < 1.29 is 26.4 Å². The van der Waals surface area contributed by atoms with Crippen LogP contribution in [0, 0.1) is 5.92 Å². The Morgan fingerprint density at radius 2 is 1.75 bits per heavy atom. The molecule has 0 atom stereocenters. The molecule has 32 heavy (non-hydrogen) atoms. The number of nitrogens with zero attached hydrogens (tertiary/aromatic N) is 2. The summed E-state index contributed by atoms with van der Waals surface area (Å²) in [6.07, 6.45) is -2.81. The maximum Gasteiger partial charge on any atom is 0.417 e. The number of benzene rings is 1. The van der Waals surface area contributed by atoms with Crippen molar-refractivity contribution >= 4 is 21.7 Å². The van der Waals surface area contributed by atoms with E-state index in [9.17, 15) is 26.4 Å². The van der Waals surface area contributed by atoms with Gasteiger partial charge in [-0.3, -0.25) is 4.79 Å². The summed E-state index contributed by atoms with van der Waals surface area (Å²) in [5, 5.41) is 5.63. The summed E-state index contributed by atoms with van der Waals surface area (Å²) in [6.45, 7) is 1.16. The fourth-order valence-corrected chi connectivity index (χ4v) is 5.02. The Kier molecular flexibility index (Phi) is 7.73. The van der Waals surface area contributed by atoms with Crippen LogP contribution in [0.5, 0.6) is 0 Å². The van der Waals surface area contributed by atoms with Crippen LogP contribution in [0.25, 0.3) is 0 Å². The van der Waals surface area contributed by atoms with Gasteiger partial charge in [0.25, 0.3) is 0 Å². The number of nitrogens with one attached hydrogen (secondary N) is 2. The van der Waals surface area contributed by atoms with E-state index in [0.717, 1.165) is 17.8 Å². The third-order valence-electron chi connectivity index (χ3n) is 5.23. The van der Waals surface area contributed by atoms with Crippen LogP contribution in [0.15, 0.2) is 48.7 Å². The number of rotatable bonds is 8. The summed E-state index contributed by atoms with van der Waals surface area (Å²) in [5.41, 5.74) is -0.101. The first-order valence-corrected chi connectivity index (χ1v) is 11.8. The molecule has 11 heteroatoms. The molecular formula is C21H25F3N4O3S. The molecule has 0 aliphatic carbocycles. The molecule has 2 N–H and O–H groups in total. The van der Waals surface area contributed by atoms with Crippen LogP contribution in [-0.4, -0.2) is 49.8 Å². The molecule has 0 radical (unpaired) electrons. The zero-order chi connectivity index (χ0) is 23.2. The number of carbonyl (C=O) groups excluding carboxylic acids is 1. The number of hydrogen-bond acceptors (Lipinski definition) is 5. The fourth-order valence-electron chi connectivity index (χ4n) is 3.46. The number of anilines is 1. The zero-order valence-corrected chi connectivity index (χ0v) is 18.1. The Bertz CT molecular complexity index is 991. The van der Waals surface area contributed by atoms with Gasteiger partial charge in [0.05, 0.1) is 11.3 Å². The molecule has 1 aromatic carbocycles. The van der Waals surface area contributed by atoms with Gasteiger partial charge in [0, 0.05) is 38.3 Å². The minimum absolute atomic E-state index is 0.0612. The molecule has 174 valence electrons. The Morgan fingerprint density at radius 3 is 2.34 bits per heavy atom. The molecule has 2 heterocycles. The van der Waals surface area contributed by atoms with Crippen LogP contribution in [0.3, 0.4) is 0 Å². The van der Waals surface area contributed by atoms with E-state index in [0.29, 0.717) is 32.5 Å². The zero-order valence-electron chi connectivity index (χ0n) is 17.3. The van der Waals surface area contributed by atoms with Gasteiger partial charge in [0.15, 0.2) is 0 Å². The number of carbonyl (C=O) groups is 1. The van der Waals surface area contributed by atoms with E-state index < -0.39 is 21.8 Å². The highest BCUT2D eigenvalue weighted by atomic mass is 32.2. The Hall–Kier alpha value is -2.66. The normalized spacial score (nSPS) is 16.0. The summed E-state index contributed by atoms with van der Waals surface area (Å²) < 4.78 is 64.2. The second-order valence-electron chi connectivity index (χ2n) is 7.56. The van der Waals surface area contributed by atoms with Gasteiger partial charge in [-0.15, -0.1) is 0 Å². The third kappa shape index (κ3) is 6.67. The summed E-state index contributed by atoms with van der Waals surface area (Å²) in [6, 6.07) is 11.1. The van der Waals surface area contributed by atoms with Crippen molar-refractivity contribution in [2.24, 2.45) is 5.92 Å². The second-order valence-corrected chi connectivity index (χ2v) is 9.53. The minimum atomic E-state index is -4.43. The van der Waals surface area contributed by atoms with Gasteiger partial charge in [-0.1, -0.05) is 30.3 Å². The van der Waals surface area contributed by atoms with Crippen molar-refractivity contribution in [3.8, 4) is 0 Å². The van der Waals surface area contributed by atoms with Gasteiger partial charge in [-0.2, -0.15) is 13.2 Å². The van der Waals surface area contributed by atoms with Crippen molar-refractivity contribution in [3.63, 3.8) is 0 Å². The lowest BCUT2D eigenvalue weighted by molar-refractivity contribution is -0.137. The number of aromatic nitrogens is 1. The van der Waals surface area contributed by atoms with Crippen LogP contribution in [0.2, 0.25) is 0 Å². The maximum atomic E-state index is 12.6. The van der Waals surface area contributed by atoms with Gasteiger partial charge >= 0.3 is 6.18 Å². The van der Waals surface area contributed by atoms with E-state index in [1.54, 1.807) is 24.3 Å². The van der Waals surface area contributed by atoms with Gasteiger partial charge in [-0.05, 0) is 30.5 Å². The lowest BCUT2D eigenvalue weighted by atomic mass is 9.97. The van der Waals surface area contributed by atoms with Crippen LogP contribution in [0.1, 0.15) is 24.0 Å². The van der Waals surface area contributed by atoms with Crippen molar-refractivity contribution in [1.82, 2.24) is 14.6 Å². The predicted molar refractivity (Wildman–Crippen MR) is 114 cm³/mol. The average Bonchev–Trinajstić information content (AvgIpc) is 2.77. The number of halogens is 3. The van der Waals surface area contributed by atoms with Crippen molar-refractivity contribution in [2.45, 2.75) is 24.8 Å². The number of alkyl halides is 3. The maximum absolute atomic E-state index is 12.6. The number of amides is 1. The van der Waals surface area contributed by atoms with Crippen LogP contribution < -0.4 is 10.6 Å². The van der Waals surface area contributed by atoms with Crippen LogP contribution in [-0.2, 0) is 26.7 Å². The quantitative estimate of drug-likeness (QED) is 0.579. The number of pyridine rings is 1. The molecule has 1 aliphatic rings. The first kappa shape index (κ1) is 24.0. The Balaban J connectivity index is 1.38. The van der Waals surface area contributed by atoms with Crippen molar-refractivity contribution in [1.29, 1.82) is 0 Å². The topological polar surface area (TPSA) is 91.4 Å². The number of piperidine rings is 1. The smallest absolute Gasteiger partial charge is 0.368 e. The molecule has 3 rings (SSSR count). The standard InChI is InChI=1S/C21H25F3N4O3S/c22-21(23,24)18-6-7-19(27-14-18)25-10-11-26-20(29)17-8-12-28(13-9-17)32(30,31)15-16-4-2-1-3-5-16/h1-7,14,17H,8-13,15H2,(H,25,27)(H,26,29). The van der Waals surface area contributed by atoms with E-state index >= 15 is 0 Å². The van der Waals surface area contributed by atoms with E-state index in [2.05, 4.69) is 15.6 Å². The molecule has 1 saturated heterocycles. The van der Waals surface area contributed by atoms with Gasteiger partial charge in [-0.25, -0.2) is 17.7 Å². The van der Waals surface area contributed by atoms with E-state index in [-0.39, 0.29) is 29.9 Å². The van der Waals surface area contributed by atoms with E-state index in [1.165, 1.54) is 10.4 Å². The fraction of sp³-hybridized carbons (Fsp3) is 0.429. The second kappa shape index (κ2) is 10.3. The average molecular weight is 471 g/mol. The van der Waals surface area contributed by atoms with Gasteiger partial charge in [0.2, 0.25) is 15.9 Å². The molecule has 1 aliphatic heterocycles. The van der Waals surface area contributed by atoms with E-state index in [4.69, 9.17) is 0 Å². The summed E-state index contributed by atoms with van der Waals surface area (Å²) in [7, 11) is -3.44. The third-order valence-corrected chi connectivity index (χ3v) is 7.08. The minimum Gasteiger partial charge on any atom is -0.368 e. The molecular weight excluding hydrogens is 445 g/mol. The van der Waals surface area contributed by atoms with Gasteiger partial charge in [0.1, 0.15) is 5.82 Å². The molecule has 7 nitrogen and oxygen atoms in total. The highest BCUT2D eigenvalue weighted by Crippen LogP contribution is 2.28. The number of sulfonamides is 1. The monoisotopic (exact) mass is 470 g/mol. The largest absolute Gasteiger partial charge is 0.417 e. The Morgan fingerprint density at radius 1 is 1.06 bits per heavy atom. The molecule has 1 aromatic heterocycles. The molecule has 0 bridgehead atoms. The highest BCUT2D eigenvalue weighted by Gasteiger charge is 2.31. The molecule has 0 saturated carbocycles. The lowest BCUT2D eigenvalue weighted by Crippen LogP contribution is -2.44. The molecule has 0 unspecified atom stereocenters. The summed E-state index contributed by atoms with van der Waals surface area (Å²) in [5.74, 6) is -0.215.